The first kappa shape index (κ1) is 15.9. The van der Waals surface area contributed by atoms with E-state index in [0.717, 1.165) is 18.4 Å². The molecule has 0 saturated carbocycles. The Bertz CT molecular complexity index is 308. The van der Waals surface area contributed by atoms with Gasteiger partial charge >= 0.3 is 0 Å². The van der Waals surface area contributed by atoms with E-state index in [-0.39, 0.29) is 12.4 Å². The monoisotopic (exact) mass is 283 g/mol. The molecule has 2 nitrogen and oxygen atoms in total. The van der Waals surface area contributed by atoms with Gasteiger partial charge in [0.2, 0.25) is 0 Å². The van der Waals surface area contributed by atoms with Gasteiger partial charge in [0.1, 0.15) is 0 Å². The molecule has 0 saturated heterocycles. The molecule has 0 radical (unpaired) electrons. The van der Waals surface area contributed by atoms with Gasteiger partial charge in [0.25, 0.3) is 0 Å². The molecule has 2 N–H and O–H groups in total. The third kappa shape index (κ3) is 4.38. The van der Waals surface area contributed by atoms with E-state index >= 15 is 0 Å². The minimum absolute atomic E-state index is 0. The summed E-state index contributed by atoms with van der Waals surface area (Å²) in [5, 5.41) is 1.11. The maximum atomic E-state index is 6.06. The van der Waals surface area contributed by atoms with Crippen LogP contribution in [-0.2, 0) is 6.42 Å². The number of hydrogen-bond acceptors (Lipinski definition) is 2. The predicted octanol–water partition coefficient (Wildman–Crippen LogP) is 3.71. The molecule has 0 aromatic heterocycles. The molecule has 0 aliphatic rings. The molecule has 0 bridgehead atoms. The van der Waals surface area contributed by atoms with Crippen molar-refractivity contribution in [3.8, 4) is 5.75 Å². The van der Waals surface area contributed by atoms with Gasteiger partial charge in [-0.3, -0.25) is 0 Å². The van der Waals surface area contributed by atoms with Crippen LogP contribution in [0.1, 0.15) is 18.9 Å². The van der Waals surface area contributed by atoms with Gasteiger partial charge in [0, 0.05) is 0 Å². The van der Waals surface area contributed by atoms with Crippen LogP contribution in [-0.4, -0.2) is 13.2 Å². The van der Waals surface area contributed by atoms with Gasteiger partial charge in [-0.15, -0.1) is 12.4 Å². The second kappa shape index (κ2) is 8.02. The minimum Gasteiger partial charge on any atom is -0.490 e. The van der Waals surface area contributed by atoms with E-state index < -0.39 is 0 Å². The molecular formula is C11H16Cl3NO. The zero-order valence-electron chi connectivity index (χ0n) is 9.13. The molecule has 0 unspecified atom stereocenters. The van der Waals surface area contributed by atoms with Crippen LogP contribution in [0.15, 0.2) is 12.1 Å². The number of hydrogen-bond donors (Lipinski definition) is 1. The molecule has 0 spiro atoms. The second-order valence-corrected chi connectivity index (χ2v) is 4.09. The fourth-order valence-electron chi connectivity index (χ4n) is 1.27. The van der Waals surface area contributed by atoms with Crippen molar-refractivity contribution in [3.63, 3.8) is 0 Å². The van der Waals surface area contributed by atoms with Crippen LogP contribution in [0.25, 0.3) is 0 Å². The first-order valence-corrected chi connectivity index (χ1v) is 5.75. The molecule has 92 valence electrons. The van der Waals surface area contributed by atoms with Gasteiger partial charge in [-0.2, -0.15) is 0 Å². The molecule has 16 heavy (non-hydrogen) atoms. The molecule has 0 amide bonds. The average molecular weight is 285 g/mol. The van der Waals surface area contributed by atoms with Crippen molar-refractivity contribution >= 4 is 35.6 Å². The van der Waals surface area contributed by atoms with Crippen molar-refractivity contribution in [2.75, 3.05) is 13.2 Å². The summed E-state index contributed by atoms with van der Waals surface area (Å²) in [5.41, 5.74) is 6.50. The molecule has 1 rings (SSSR count). The predicted molar refractivity (Wildman–Crippen MR) is 72.3 cm³/mol. The Morgan fingerprint density at radius 3 is 2.25 bits per heavy atom. The number of halogens is 3. The van der Waals surface area contributed by atoms with Crippen molar-refractivity contribution in [1.82, 2.24) is 0 Å². The lowest BCUT2D eigenvalue weighted by Crippen LogP contribution is -2.03. The Hall–Kier alpha value is -0.150. The van der Waals surface area contributed by atoms with E-state index in [4.69, 9.17) is 33.7 Å². The third-order valence-electron chi connectivity index (χ3n) is 1.94. The van der Waals surface area contributed by atoms with E-state index in [1.807, 2.05) is 19.1 Å². The van der Waals surface area contributed by atoms with Gasteiger partial charge in [0.15, 0.2) is 5.75 Å². The SMILES string of the molecule is CCCOc1c(Cl)cc(CCN)cc1Cl.Cl. The summed E-state index contributed by atoms with van der Waals surface area (Å²) in [6, 6.07) is 3.70. The maximum absolute atomic E-state index is 6.06. The van der Waals surface area contributed by atoms with Crippen molar-refractivity contribution in [1.29, 1.82) is 0 Å². The van der Waals surface area contributed by atoms with E-state index in [1.165, 1.54) is 0 Å². The van der Waals surface area contributed by atoms with E-state index in [2.05, 4.69) is 0 Å². The van der Waals surface area contributed by atoms with Crippen molar-refractivity contribution < 1.29 is 4.74 Å². The molecule has 5 heteroatoms. The maximum Gasteiger partial charge on any atom is 0.156 e. The summed E-state index contributed by atoms with van der Waals surface area (Å²) < 4.78 is 5.45. The van der Waals surface area contributed by atoms with Crippen LogP contribution in [0.5, 0.6) is 5.75 Å². The Balaban J connectivity index is 0.00000225. The Labute approximate surface area is 112 Å². The summed E-state index contributed by atoms with van der Waals surface area (Å²) in [4.78, 5) is 0. The normalized spacial score (nSPS) is 9.75. The largest absolute Gasteiger partial charge is 0.490 e. The smallest absolute Gasteiger partial charge is 0.156 e. The number of rotatable bonds is 5. The summed E-state index contributed by atoms with van der Waals surface area (Å²) in [7, 11) is 0. The van der Waals surface area contributed by atoms with Gasteiger partial charge in [-0.05, 0) is 37.1 Å². The van der Waals surface area contributed by atoms with Crippen LogP contribution in [0.3, 0.4) is 0 Å². The molecular weight excluding hydrogens is 268 g/mol. The van der Waals surface area contributed by atoms with Crippen molar-refractivity contribution in [3.05, 3.63) is 27.7 Å². The number of nitrogens with two attached hydrogens (primary N) is 1. The highest BCUT2D eigenvalue weighted by molar-refractivity contribution is 6.37. The Morgan fingerprint density at radius 1 is 1.25 bits per heavy atom. The quantitative estimate of drug-likeness (QED) is 0.894. The van der Waals surface area contributed by atoms with Gasteiger partial charge in [-0.1, -0.05) is 30.1 Å². The zero-order valence-corrected chi connectivity index (χ0v) is 11.5. The first-order chi connectivity index (χ1) is 7.19. The fourth-order valence-corrected chi connectivity index (χ4v) is 1.91. The summed E-state index contributed by atoms with van der Waals surface area (Å²) in [6.07, 6.45) is 1.70. The molecule has 1 aromatic rings. The number of benzene rings is 1. The lowest BCUT2D eigenvalue weighted by atomic mass is 10.1. The van der Waals surface area contributed by atoms with E-state index in [9.17, 15) is 0 Å². The second-order valence-electron chi connectivity index (χ2n) is 3.28. The van der Waals surface area contributed by atoms with Gasteiger partial charge in [-0.25, -0.2) is 0 Å². The van der Waals surface area contributed by atoms with Gasteiger partial charge < -0.3 is 10.5 Å². The standard InChI is InChI=1S/C11H15Cl2NO.ClH/c1-2-5-15-11-9(12)6-8(3-4-14)7-10(11)13;/h6-7H,2-5,14H2,1H3;1H. The highest BCUT2D eigenvalue weighted by Crippen LogP contribution is 2.34. The van der Waals surface area contributed by atoms with E-state index in [0.29, 0.717) is 28.9 Å². The number of ether oxygens (including phenoxy) is 1. The Morgan fingerprint density at radius 2 is 1.81 bits per heavy atom. The first-order valence-electron chi connectivity index (χ1n) is 4.99. The third-order valence-corrected chi connectivity index (χ3v) is 2.50. The van der Waals surface area contributed by atoms with E-state index in [1.54, 1.807) is 0 Å². The average Bonchev–Trinajstić information content (AvgIpc) is 2.17. The van der Waals surface area contributed by atoms with Crippen LogP contribution >= 0.6 is 35.6 Å². The lowest BCUT2D eigenvalue weighted by molar-refractivity contribution is 0.318. The summed E-state index contributed by atoms with van der Waals surface area (Å²) in [6.45, 7) is 3.24. The highest BCUT2D eigenvalue weighted by atomic mass is 35.5. The molecule has 0 aliphatic carbocycles. The fraction of sp³-hybridized carbons (Fsp3) is 0.455. The van der Waals surface area contributed by atoms with Crippen molar-refractivity contribution in [2.45, 2.75) is 19.8 Å². The molecule has 0 aliphatic heterocycles. The molecule has 0 fully saturated rings. The Kier molecular flexibility index (Phi) is 7.94. The van der Waals surface area contributed by atoms with Crippen LogP contribution in [0.2, 0.25) is 10.0 Å². The van der Waals surface area contributed by atoms with Crippen molar-refractivity contribution in [2.24, 2.45) is 5.73 Å². The minimum atomic E-state index is 0. The van der Waals surface area contributed by atoms with Crippen LogP contribution in [0, 0.1) is 0 Å². The molecule has 0 heterocycles. The summed E-state index contributed by atoms with van der Waals surface area (Å²) >= 11 is 12.1. The lowest BCUT2D eigenvalue weighted by Gasteiger charge is -2.10. The molecule has 0 atom stereocenters. The van der Waals surface area contributed by atoms with Crippen LogP contribution < -0.4 is 10.5 Å². The topological polar surface area (TPSA) is 35.2 Å². The van der Waals surface area contributed by atoms with Gasteiger partial charge in [0.05, 0.1) is 16.7 Å². The molecule has 1 aromatic carbocycles. The zero-order chi connectivity index (χ0) is 11.3. The summed E-state index contributed by atoms with van der Waals surface area (Å²) in [5.74, 6) is 0.570. The van der Waals surface area contributed by atoms with Crippen LogP contribution in [0.4, 0.5) is 0 Å². The highest BCUT2D eigenvalue weighted by Gasteiger charge is 2.08.